The Labute approximate surface area is 157 Å². The molecule has 4 aliphatic rings. The van der Waals surface area contributed by atoms with Gasteiger partial charge < -0.3 is 10.8 Å². The minimum Gasteiger partial charge on any atom is -0.507 e. The van der Waals surface area contributed by atoms with Crippen LogP contribution in [0.1, 0.15) is 49.7 Å². The number of thiazole rings is 1. The van der Waals surface area contributed by atoms with Gasteiger partial charge in [-0.15, -0.1) is 11.3 Å². The first-order chi connectivity index (χ1) is 12.6. The summed E-state index contributed by atoms with van der Waals surface area (Å²) < 4.78 is 0. The van der Waals surface area contributed by atoms with Gasteiger partial charge in [0.2, 0.25) is 5.13 Å². The van der Waals surface area contributed by atoms with Crippen molar-refractivity contribution in [2.45, 2.75) is 43.9 Å². The normalized spacial score (nSPS) is 32.4. The van der Waals surface area contributed by atoms with E-state index in [9.17, 15) is 5.11 Å². The van der Waals surface area contributed by atoms with Gasteiger partial charge in [0, 0.05) is 10.9 Å². The molecule has 1 aromatic heterocycles. The highest BCUT2D eigenvalue weighted by atomic mass is 32.1. The maximum absolute atomic E-state index is 10.3. The number of anilines is 2. The molecule has 0 atom stereocenters. The van der Waals surface area contributed by atoms with Crippen LogP contribution in [0.2, 0.25) is 0 Å². The summed E-state index contributed by atoms with van der Waals surface area (Å²) >= 11 is 1.41. The van der Waals surface area contributed by atoms with Gasteiger partial charge in [-0.1, -0.05) is 6.07 Å². The van der Waals surface area contributed by atoms with Crippen molar-refractivity contribution in [2.75, 3.05) is 11.2 Å². The van der Waals surface area contributed by atoms with E-state index in [1.165, 1.54) is 55.4 Å². The summed E-state index contributed by atoms with van der Waals surface area (Å²) in [7, 11) is 0. The topological polar surface area (TPSA) is 83.5 Å². The van der Waals surface area contributed by atoms with Gasteiger partial charge in [0.15, 0.2) is 0 Å². The number of nitrogens with two attached hydrogens (primary N) is 1. The number of nitrogens with one attached hydrogen (secondary N) is 1. The summed E-state index contributed by atoms with van der Waals surface area (Å²) in [5.74, 6) is 3.47. The van der Waals surface area contributed by atoms with Crippen LogP contribution in [0.25, 0.3) is 0 Å². The number of aromatic nitrogens is 1. The zero-order chi connectivity index (χ0) is 17.7. The molecule has 0 spiro atoms. The Morgan fingerprint density at radius 3 is 2.50 bits per heavy atom. The molecule has 4 aliphatic carbocycles. The van der Waals surface area contributed by atoms with Crippen molar-refractivity contribution in [2.24, 2.45) is 22.9 Å². The minimum absolute atomic E-state index is 0.266. The molecule has 4 bridgehead atoms. The number of hydrazone groups is 1. The molecular formula is C20H24N4OS. The predicted molar refractivity (Wildman–Crippen MR) is 106 cm³/mol. The Morgan fingerprint density at radius 2 is 1.88 bits per heavy atom. The van der Waals surface area contributed by atoms with E-state index in [1.54, 1.807) is 11.6 Å². The highest BCUT2D eigenvalue weighted by Gasteiger charge is 2.51. The van der Waals surface area contributed by atoms with Gasteiger partial charge in [0.1, 0.15) is 11.6 Å². The number of benzene rings is 1. The fourth-order valence-electron chi connectivity index (χ4n) is 5.95. The molecule has 6 rings (SSSR count). The van der Waals surface area contributed by atoms with Gasteiger partial charge in [0.25, 0.3) is 0 Å². The van der Waals surface area contributed by atoms with Gasteiger partial charge in [-0.3, -0.25) is 5.43 Å². The van der Waals surface area contributed by atoms with Crippen LogP contribution in [0.5, 0.6) is 5.75 Å². The number of hydrogen-bond donors (Lipinski definition) is 3. The Kier molecular flexibility index (Phi) is 3.71. The lowest BCUT2D eigenvalue weighted by Gasteiger charge is -2.57. The quantitative estimate of drug-likeness (QED) is 0.553. The van der Waals surface area contributed by atoms with E-state index < -0.39 is 0 Å². The van der Waals surface area contributed by atoms with E-state index in [0.717, 1.165) is 23.3 Å². The molecule has 0 aliphatic heterocycles. The minimum atomic E-state index is 0.266. The van der Waals surface area contributed by atoms with Gasteiger partial charge >= 0.3 is 0 Å². The second-order valence-electron chi connectivity index (χ2n) is 8.42. The van der Waals surface area contributed by atoms with Crippen molar-refractivity contribution >= 4 is 28.5 Å². The number of nitrogen functional groups attached to an aromatic ring is 1. The van der Waals surface area contributed by atoms with Crippen LogP contribution in [-0.2, 0) is 5.41 Å². The lowest BCUT2D eigenvalue weighted by atomic mass is 9.48. The lowest BCUT2D eigenvalue weighted by molar-refractivity contribution is -0.00520. The number of nitrogens with zero attached hydrogens (tertiary/aromatic N) is 2. The van der Waals surface area contributed by atoms with Crippen molar-refractivity contribution in [1.82, 2.24) is 4.98 Å². The molecule has 1 aromatic carbocycles. The largest absolute Gasteiger partial charge is 0.507 e. The van der Waals surface area contributed by atoms with Crippen LogP contribution >= 0.6 is 11.3 Å². The molecule has 0 unspecified atom stereocenters. The molecular weight excluding hydrogens is 344 g/mol. The summed E-state index contributed by atoms with van der Waals surface area (Å²) in [5, 5.41) is 16.9. The third-order valence-electron chi connectivity index (χ3n) is 6.56. The summed E-state index contributed by atoms with van der Waals surface area (Å²) in [6.07, 6.45) is 9.94. The molecule has 4 fully saturated rings. The van der Waals surface area contributed by atoms with Crippen LogP contribution < -0.4 is 11.2 Å². The monoisotopic (exact) mass is 368 g/mol. The first-order valence-electron chi connectivity index (χ1n) is 9.43. The summed E-state index contributed by atoms with van der Waals surface area (Å²) in [6, 6.07) is 6.11. The van der Waals surface area contributed by atoms with Gasteiger partial charge in [-0.25, -0.2) is 4.98 Å². The molecule has 4 saturated carbocycles. The number of phenolic OH excluding ortho intramolecular Hbond substituents is 1. The van der Waals surface area contributed by atoms with Crippen LogP contribution in [-0.4, -0.2) is 16.3 Å². The van der Waals surface area contributed by atoms with E-state index in [-0.39, 0.29) is 5.75 Å². The molecule has 136 valence electrons. The fraction of sp³-hybridized carbons (Fsp3) is 0.500. The zero-order valence-electron chi connectivity index (χ0n) is 14.7. The zero-order valence-corrected chi connectivity index (χ0v) is 15.5. The van der Waals surface area contributed by atoms with Crippen molar-refractivity contribution in [3.8, 4) is 5.75 Å². The van der Waals surface area contributed by atoms with Gasteiger partial charge in [-0.2, -0.15) is 5.10 Å². The third kappa shape index (κ3) is 2.76. The van der Waals surface area contributed by atoms with Crippen LogP contribution in [0.15, 0.2) is 28.7 Å². The molecule has 4 N–H and O–H groups in total. The third-order valence-corrected chi connectivity index (χ3v) is 7.33. The lowest BCUT2D eigenvalue weighted by Crippen LogP contribution is -2.48. The molecule has 0 amide bonds. The molecule has 5 nitrogen and oxygen atoms in total. The Bertz CT molecular complexity index is 824. The maximum Gasteiger partial charge on any atom is 0.205 e. The SMILES string of the molecule is Nc1csc(NN=Cc2cc(C34CC5CC(CC(C5)C3)C4)ccc2O)n1. The van der Waals surface area contributed by atoms with Crippen molar-refractivity contribution in [1.29, 1.82) is 0 Å². The Morgan fingerprint density at radius 1 is 1.19 bits per heavy atom. The van der Waals surface area contributed by atoms with E-state index in [0.29, 0.717) is 16.4 Å². The molecule has 2 aromatic rings. The van der Waals surface area contributed by atoms with Crippen LogP contribution in [0.3, 0.4) is 0 Å². The fourth-order valence-corrected chi connectivity index (χ4v) is 6.50. The second-order valence-corrected chi connectivity index (χ2v) is 9.28. The number of hydrogen-bond acceptors (Lipinski definition) is 6. The molecule has 6 heteroatoms. The highest BCUT2D eigenvalue weighted by Crippen LogP contribution is 2.60. The highest BCUT2D eigenvalue weighted by molar-refractivity contribution is 7.14. The van der Waals surface area contributed by atoms with Crippen molar-refractivity contribution in [3.63, 3.8) is 0 Å². The molecule has 0 saturated heterocycles. The second kappa shape index (κ2) is 5.98. The molecule has 0 radical (unpaired) electrons. The first-order valence-corrected chi connectivity index (χ1v) is 10.3. The smallest absolute Gasteiger partial charge is 0.205 e. The molecule has 1 heterocycles. The number of aromatic hydroxyl groups is 1. The summed E-state index contributed by atoms with van der Waals surface area (Å²) in [4.78, 5) is 4.12. The van der Waals surface area contributed by atoms with E-state index in [4.69, 9.17) is 5.73 Å². The first kappa shape index (κ1) is 16.1. The standard InChI is InChI=1S/C20H24N4OS/c21-18-11-26-19(23-18)24-22-10-15-6-16(1-2-17(15)25)20-7-12-3-13(8-20)5-14(4-12)9-20/h1-2,6,10-14,25H,3-5,7-9,21H2,(H,23,24). The van der Waals surface area contributed by atoms with E-state index >= 15 is 0 Å². The van der Waals surface area contributed by atoms with E-state index in [2.05, 4.69) is 27.6 Å². The maximum atomic E-state index is 10.3. The Balaban J connectivity index is 1.40. The van der Waals surface area contributed by atoms with E-state index in [1.807, 2.05) is 6.07 Å². The number of rotatable bonds is 4. The average Bonchev–Trinajstić information content (AvgIpc) is 3.00. The van der Waals surface area contributed by atoms with Crippen molar-refractivity contribution in [3.05, 3.63) is 34.7 Å². The van der Waals surface area contributed by atoms with Gasteiger partial charge in [0.05, 0.1) is 6.21 Å². The van der Waals surface area contributed by atoms with Crippen LogP contribution in [0, 0.1) is 17.8 Å². The Hall–Kier alpha value is -2.08. The number of phenols is 1. The van der Waals surface area contributed by atoms with Crippen LogP contribution in [0.4, 0.5) is 10.9 Å². The summed E-state index contributed by atoms with van der Waals surface area (Å²) in [6.45, 7) is 0. The van der Waals surface area contributed by atoms with Gasteiger partial charge in [-0.05, 0) is 79.4 Å². The summed E-state index contributed by atoms with van der Waals surface area (Å²) in [5.41, 5.74) is 11.0. The van der Waals surface area contributed by atoms with Crippen molar-refractivity contribution < 1.29 is 5.11 Å². The molecule has 26 heavy (non-hydrogen) atoms. The predicted octanol–water partition coefficient (Wildman–Crippen LogP) is 4.34. The average molecular weight is 369 g/mol.